The third-order valence-corrected chi connectivity index (χ3v) is 3.30. The van der Waals surface area contributed by atoms with Crippen LogP contribution in [0.2, 0.25) is 0 Å². The van der Waals surface area contributed by atoms with Crippen LogP contribution in [0.5, 0.6) is 0 Å². The van der Waals surface area contributed by atoms with Crippen molar-refractivity contribution >= 4 is 11.8 Å². The van der Waals surface area contributed by atoms with Gasteiger partial charge in [-0.05, 0) is 26.3 Å². The zero-order chi connectivity index (χ0) is 12.9. The Kier molecular flexibility index (Phi) is 4.93. The highest BCUT2D eigenvalue weighted by atomic mass is 16.2. The molecule has 5 heteroatoms. The van der Waals surface area contributed by atoms with Crippen molar-refractivity contribution in [1.29, 1.82) is 0 Å². The van der Waals surface area contributed by atoms with Crippen molar-refractivity contribution in [3.05, 3.63) is 0 Å². The molecule has 2 amide bonds. The maximum absolute atomic E-state index is 11.9. The van der Waals surface area contributed by atoms with Gasteiger partial charge < -0.3 is 15.5 Å². The average Bonchev–Trinajstić information content (AvgIpc) is 2.72. The first kappa shape index (κ1) is 14.0. The van der Waals surface area contributed by atoms with Crippen LogP contribution in [0.1, 0.15) is 26.7 Å². The maximum Gasteiger partial charge on any atom is 0.236 e. The molecule has 1 rings (SSSR count). The van der Waals surface area contributed by atoms with Gasteiger partial charge in [0.05, 0.1) is 12.0 Å². The normalized spacial score (nSPS) is 23.8. The van der Waals surface area contributed by atoms with Gasteiger partial charge in [-0.2, -0.15) is 0 Å². The molecule has 0 aromatic rings. The summed E-state index contributed by atoms with van der Waals surface area (Å²) >= 11 is 0. The zero-order valence-electron chi connectivity index (χ0n) is 11.0. The maximum atomic E-state index is 11.9. The van der Waals surface area contributed by atoms with Crippen molar-refractivity contribution in [2.75, 3.05) is 33.2 Å². The molecule has 0 aromatic carbocycles. The number of nitrogens with zero attached hydrogens (tertiary/aromatic N) is 1. The summed E-state index contributed by atoms with van der Waals surface area (Å²) in [6, 6.07) is 0. The topological polar surface area (TPSA) is 61.4 Å². The highest BCUT2D eigenvalue weighted by Gasteiger charge is 2.41. The molecule has 0 spiro atoms. The second kappa shape index (κ2) is 6.00. The summed E-state index contributed by atoms with van der Waals surface area (Å²) in [6.07, 6.45) is 1.76. The minimum Gasteiger partial charge on any atom is -0.359 e. The van der Waals surface area contributed by atoms with Crippen LogP contribution in [0.15, 0.2) is 0 Å². The van der Waals surface area contributed by atoms with Gasteiger partial charge >= 0.3 is 0 Å². The Morgan fingerprint density at radius 2 is 2.12 bits per heavy atom. The fourth-order valence-corrected chi connectivity index (χ4v) is 2.14. The fourth-order valence-electron chi connectivity index (χ4n) is 2.14. The standard InChI is InChI=1S/C12H23N3O2/c1-4-6-14-8-10(16)15-7-5-12(2,9-15)11(17)13-3/h14H,4-9H2,1-3H3,(H,13,17). The van der Waals surface area contributed by atoms with Gasteiger partial charge in [-0.1, -0.05) is 6.92 Å². The lowest BCUT2D eigenvalue weighted by Crippen LogP contribution is -2.42. The van der Waals surface area contributed by atoms with E-state index in [1.54, 1.807) is 11.9 Å². The molecule has 98 valence electrons. The lowest BCUT2D eigenvalue weighted by Gasteiger charge is -2.22. The van der Waals surface area contributed by atoms with Gasteiger partial charge in [0.2, 0.25) is 11.8 Å². The number of carbonyl (C=O) groups is 2. The van der Waals surface area contributed by atoms with Gasteiger partial charge in [0.15, 0.2) is 0 Å². The third-order valence-electron chi connectivity index (χ3n) is 3.30. The smallest absolute Gasteiger partial charge is 0.236 e. The molecule has 0 saturated carbocycles. The molecule has 1 atom stereocenters. The molecule has 5 nitrogen and oxygen atoms in total. The van der Waals surface area contributed by atoms with Crippen LogP contribution in [0.3, 0.4) is 0 Å². The first-order valence-electron chi connectivity index (χ1n) is 6.24. The largest absolute Gasteiger partial charge is 0.359 e. The molecule has 2 N–H and O–H groups in total. The Bertz CT molecular complexity index is 293. The molecule has 1 fully saturated rings. The highest BCUT2D eigenvalue weighted by Crippen LogP contribution is 2.29. The molecule has 1 saturated heterocycles. The van der Waals surface area contributed by atoms with Gasteiger partial charge in [-0.3, -0.25) is 9.59 Å². The number of hydrogen-bond donors (Lipinski definition) is 2. The summed E-state index contributed by atoms with van der Waals surface area (Å²) < 4.78 is 0. The van der Waals surface area contributed by atoms with E-state index >= 15 is 0 Å². The minimum absolute atomic E-state index is 0.0225. The number of rotatable bonds is 5. The molecule has 1 heterocycles. The predicted molar refractivity (Wildman–Crippen MR) is 66.5 cm³/mol. The van der Waals surface area contributed by atoms with Gasteiger partial charge in [0.25, 0.3) is 0 Å². The van der Waals surface area contributed by atoms with Crippen LogP contribution in [-0.2, 0) is 9.59 Å². The second-order valence-corrected chi connectivity index (χ2v) is 4.88. The van der Waals surface area contributed by atoms with E-state index < -0.39 is 5.41 Å². The van der Waals surface area contributed by atoms with E-state index in [9.17, 15) is 9.59 Å². The average molecular weight is 241 g/mol. The summed E-state index contributed by atoms with van der Waals surface area (Å²) in [7, 11) is 1.64. The Balaban J connectivity index is 2.44. The van der Waals surface area contributed by atoms with Crippen molar-refractivity contribution in [2.45, 2.75) is 26.7 Å². The molecule has 17 heavy (non-hydrogen) atoms. The van der Waals surface area contributed by atoms with Gasteiger partial charge in [-0.25, -0.2) is 0 Å². The summed E-state index contributed by atoms with van der Waals surface area (Å²) in [5, 5.41) is 5.76. The molecule has 0 bridgehead atoms. The van der Waals surface area contributed by atoms with Crippen LogP contribution in [-0.4, -0.2) is 49.9 Å². The van der Waals surface area contributed by atoms with E-state index in [0.717, 1.165) is 19.4 Å². The monoisotopic (exact) mass is 241 g/mol. The van der Waals surface area contributed by atoms with Crippen LogP contribution in [0, 0.1) is 5.41 Å². The molecular formula is C12H23N3O2. The first-order valence-corrected chi connectivity index (χ1v) is 6.24. The number of amides is 2. The molecular weight excluding hydrogens is 218 g/mol. The molecule has 0 radical (unpaired) electrons. The first-order chi connectivity index (χ1) is 8.03. The van der Waals surface area contributed by atoms with Crippen molar-refractivity contribution in [2.24, 2.45) is 5.41 Å². The summed E-state index contributed by atoms with van der Waals surface area (Å²) in [5.74, 6) is 0.111. The summed E-state index contributed by atoms with van der Waals surface area (Å²) in [4.78, 5) is 25.3. The lowest BCUT2D eigenvalue weighted by atomic mass is 9.89. The Hall–Kier alpha value is -1.10. The second-order valence-electron chi connectivity index (χ2n) is 4.88. The van der Waals surface area contributed by atoms with Crippen LogP contribution in [0.25, 0.3) is 0 Å². The van der Waals surface area contributed by atoms with Gasteiger partial charge in [0.1, 0.15) is 0 Å². The molecule has 1 aliphatic heterocycles. The highest BCUT2D eigenvalue weighted by molar-refractivity contribution is 5.85. The van der Waals surface area contributed by atoms with Gasteiger partial charge in [-0.15, -0.1) is 0 Å². The van der Waals surface area contributed by atoms with E-state index in [-0.39, 0.29) is 11.8 Å². The summed E-state index contributed by atoms with van der Waals surface area (Å²) in [6.45, 7) is 6.41. The molecule has 1 unspecified atom stereocenters. The zero-order valence-corrected chi connectivity index (χ0v) is 11.0. The van der Waals surface area contributed by atoms with E-state index in [0.29, 0.717) is 19.6 Å². The van der Waals surface area contributed by atoms with Crippen molar-refractivity contribution < 1.29 is 9.59 Å². The van der Waals surface area contributed by atoms with Crippen LogP contribution < -0.4 is 10.6 Å². The van der Waals surface area contributed by atoms with Crippen molar-refractivity contribution in [3.63, 3.8) is 0 Å². The van der Waals surface area contributed by atoms with E-state index in [1.807, 2.05) is 6.92 Å². The molecule has 0 aliphatic carbocycles. The van der Waals surface area contributed by atoms with Crippen molar-refractivity contribution in [1.82, 2.24) is 15.5 Å². The Morgan fingerprint density at radius 3 is 2.71 bits per heavy atom. The van der Waals surface area contributed by atoms with Crippen molar-refractivity contribution in [3.8, 4) is 0 Å². The number of carbonyl (C=O) groups excluding carboxylic acids is 2. The minimum atomic E-state index is -0.421. The number of hydrogen-bond acceptors (Lipinski definition) is 3. The van der Waals surface area contributed by atoms with E-state index in [4.69, 9.17) is 0 Å². The molecule has 1 aliphatic rings. The third kappa shape index (κ3) is 3.43. The number of likely N-dealkylation sites (tertiary alicyclic amines) is 1. The molecule has 0 aromatic heterocycles. The Labute approximate surface area is 103 Å². The fraction of sp³-hybridized carbons (Fsp3) is 0.833. The lowest BCUT2D eigenvalue weighted by molar-refractivity contribution is -0.131. The van der Waals surface area contributed by atoms with Crippen LogP contribution in [0.4, 0.5) is 0 Å². The quantitative estimate of drug-likeness (QED) is 0.665. The predicted octanol–water partition coefficient (Wildman–Crippen LogP) is -0.0294. The van der Waals surface area contributed by atoms with Crippen LogP contribution >= 0.6 is 0 Å². The number of nitrogens with one attached hydrogen (secondary N) is 2. The summed E-state index contributed by atoms with van der Waals surface area (Å²) in [5.41, 5.74) is -0.421. The van der Waals surface area contributed by atoms with E-state index in [2.05, 4.69) is 17.6 Å². The Morgan fingerprint density at radius 1 is 1.41 bits per heavy atom. The van der Waals surface area contributed by atoms with Gasteiger partial charge in [0, 0.05) is 20.1 Å². The SMILES string of the molecule is CCCNCC(=O)N1CCC(C)(C(=O)NC)C1. The van der Waals surface area contributed by atoms with E-state index in [1.165, 1.54) is 0 Å².